The van der Waals surface area contributed by atoms with Gasteiger partial charge in [-0.05, 0) is 46.7 Å². The molecule has 0 saturated carbocycles. The van der Waals surface area contributed by atoms with Crippen LogP contribution in [0.5, 0.6) is 0 Å². The quantitative estimate of drug-likeness (QED) is 0.825. The van der Waals surface area contributed by atoms with Gasteiger partial charge in [-0.3, -0.25) is 14.9 Å². The highest BCUT2D eigenvalue weighted by molar-refractivity contribution is 8.18. The number of rotatable bonds is 2. The average Bonchev–Trinajstić information content (AvgIpc) is 2.81. The number of halogens is 2. The monoisotopic (exact) mass is 333 g/mol. The van der Waals surface area contributed by atoms with E-state index in [2.05, 4.69) is 5.32 Å². The van der Waals surface area contributed by atoms with Gasteiger partial charge in [0.2, 0.25) is 0 Å². The summed E-state index contributed by atoms with van der Waals surface area (Å²) in [5.41, 5.74) is 2.47. The van der Waals surface area contributed by atoms with Crippen LogP contribution in [0.4, 0.5) is 9.18 Å². The molecule has 0 bridgehead atoms. The molecule has 0 atom stereocenters. The molecule has 2 aromatic rings. The number of nitrogens with one attached hydrogen (secondary N) is 1. The topological polar surface area (TPSA) is 46.2 Å². The lowest BCUT2D eigenvalue weighted by Gasteiger charge is -2.04. The van der Waals surface area contributed by atoms with Crippen LogP contribution in [0.2, 0.25) is 5.02 Å². The summed E-state index contributed by atoms with van der Waals surface area (Å²) in [4.78, 5) is 22.9. The number of hydrogen-bond acceptors (Lipinski definition) is 3. The Balaban J connectivity index is 1.87. The minimum atomic E-state index is -0.458. The fourth-order valence-corrected chi connectivity index (χ4v) is 2.88. The largest absolute Gasteiger partial charge is 0.290 e. The van der Waals surface area contributed by atoms with E-state index in [0.29, 0.717) is 4.91 Å². The molecule has 0 aromatic heterocycles. The molecule has 6 heteroatoms. The van der Waals surface area contributed by atoms with Crippen molar-refractivity contribution in [2.45, 2.75) is 0 Å². The van der Waals surface area contributed by atoms with Crippen molar-refractivity contribution in [1.29, 1.82) is 0 Å². The van der Waals surface area contributed by atoms with Crippen LogP contribution in [0.25, 0.3) is 17.2 Å². The number of thioether (sulfide) groups is 1. The maximum Gasteiger partial charge on any atom is 0.290 e. The lowest BCUT2D eigenvalue weighted by molar-refractivity contribution is -0.115. The third-order valence-electron chi connectivity index (χ3n) is 3.10. The smallest absolute Gasteiger partial charge is 0.282 e. The van der Waals surface area contributed by atoms with E-state index in [0.717, 1.165) is 28.5 Å². The average molecular weight is 334 g/mol. The molecule has 1 N–H and O–H groups in total. The lowest BCUT2D eigenvalue weighted by Crippen LogP contribution is -2.17. The first kappa shape index (κ1) is 14.8. The molecule has 22 heavy (non-hydrogen) atoms. The van der Waals surface area contributed by atoms with Crippen molar-refractivity contribution >= 4 is 40.6 Å². The Morgan fingerprint density at radius 1 is 1.05 bits per heavy atom. The first-order valence-electron chi connectivity index (χ1n) is 6.33. The molecule has 1 fully saturated rings. The number of benzene rings is 2. The highest BCUT2D eigenvalue weighted by Crippen LogP contribution is 2.28. The molecule has 2 aromatic carbocycles. The van der Waals surface area contributed by atoms with Crippen molar-refractivity contribution < 1.29 is 14.0 Å². The zero-order valence-electron chi connectivity index (χ0n) is 11.1. The van der Waals surface area contributed by atoms with Gasteiger partial charge in [-0.25, -0.2) is 4.39 Å². The van der Waals surface area contributed by atoms with Crippen molar-refractivity contribution in [1.82, 2.24) is 5.32 Å². The number of imide groups is 1. The summed E-state index contributed by atoms with van der Waals surface area (Å²) in [7, 11) is 0. The number of hydrogen-bond donors (Lipinski definition) is 1. The predicted octanol–water partition coefficient (Wildman–Crippen LogP) is 4.47. The third-order valence-corrected chi connectivity index (χ3v) is 4.20. The van der Waals surface area contributed by atoms with E-state index < -0.39 is 5.82 Å². The van der Waals surface area contributed by atoms with Crippen LogP contribution in [0.3, 0.4) is 0 Å². The third kappa shape index (κ3) is 3.05. The molecular formula is C16H9ClFNO2S. The van der Waals surface area contributed by atoms with E-state index in [1.54, 1.807) is 18.2 Å². The van der Waals surface area contributed by atoms with Gasteiger partial charge < -0.3 is 0 Å². The van der Waals surface area contributed by atoms with Crippen LogP contribution in [-0.4, -0.2) is 11.1 Å². The van der Waals surface area contributed by atoms with Crippen LogP contribution in [0.1, 0.15) is 5.56 Å². The van der Waals surface area contributed by atoms with E-state index in [-0.39, 0.29) is 16.2 Å². The van der Waals surface area contributed by atoms with Crippen LogP contribution in [0.15, 0.2) is 47.4 Å². The Bertz CT molecular complexity index is 802. The van der Waals surface area contributed by atoms with Gasteiger partial charge in [0, 0.05) is 0 Å². The normalized spacial score (nSPS) is 16.2. The highest BCUT2D eigenvalue weighted by atomic mass is 35.5. The van der Waals surface area contributed by atoms with Gasteiger partial charge in [0.15, 0.2) is 0 Å². The van der Waals surface area contributed by atoms with Gasteiger partial charge in [0.1, 0.15) is 5.82 Å². The second-order valence-corrected chi connectivity index (χ2v) is 6.03. The Morgan fingerprint density at radius 3 is 2.32 bits per heavy atom. The van der Waals surface area contributed by atoms with Gasteiger partial charge in [-0.2, -0.15) is 0 Å². The molecule has 3 rings (SSSR count). The summed E-state index contributed by atoms with van der Waals surface area (Å²) in [5, 5.41) is 1.91. The van der Waals surface area contributed by atoms with Crippen LogP contribution in [0, 0.1) is 5.82 Å². The predicted molar refractivity (Wildman–Crippen MR) is 86.0 cm³/mol. The molecule has 0 unspecified atom stereocenters. The number of amides is 2. The second-order valence-electron chi connectivity index (χ2n) is 4.60. The van der Waals surface area contributed by atoms with E-state index >= 15 is 0 Å². The summed E-state index contributed by atoms with van der Waals surface area (Å²) in [6.07, 6.45) is 1.65. The molecule has 1 aliphatic heterocycles. The van der Waals surface area contributed by atoms with E-state index in [4.69, 9.17) is 11.6 Å². The molecule has 0 aliphatic carbocycles. The fourth-order valence-electron chi connectivity index (χ4n) is 2.02. The Labute approximate surface area is 135 Å². The van der Waals surface area contributed by atoms with Crippen molar-refractivity contribution in [3.8, 4) is 11.1 Å². The summed E-state index contributed by atoms with van der Waals surface area (Å²) in [6, 6.07) is 11.8. The molecule has 1 heterocycles. The molecule has 110 valence electrons. The number of carbonyl (C=O) groups is 2. The maximum atomic E-state index is 13.2. The van der Waals surface area contributed by atoms with E-state index in [1.807, 2.05) is 24.3 Å². The first-order chi connectivity index (χ1) is 10.5. The zero-order chi connectivity index (χ0) is 15.7. The zero-order valence-corrected chi connectivity index (χ0v) is 12.7. The minimum Gasteiger partial charge on any atom is -0.282 e. The SMILES string of the molecule is O=C1NC(=O)C(=Cc2ccc(-c3ccc(F)c(Cl)c3)cc2)S1. The molecule has 0 spiro atoms. The van der Waals surface area contributed by atoms with Crippen molar-refractivity contribution in [3.05, 3.63) is 63.8 Å². The van der Waals surface area contributed by atoms with Gasteiger partial charge >= 0.3 is 0 Å². The van der Waals surface area contributed by atoms with E-state index in [1.165, 1.54) is 6.07 Å². The van der Waals surface area contributed by atoms with Gasteiger partial charge in [-0.15, -0.1) is 0 Å². The number of carbonyl (C=O) groups excluding carboxylic acids is 2. The molecule has 0 radical (unpaired) electrons. The molecule has 1 saturated heterocycles. The highest BCUT2D eigenvalue weighted by Gasteiger charge is 2.24. The standard InChI is InChI=1S/C16H9ClFNO2S/c17-12-8-11(5-6-13(12)18)10-3-1-9(2-4-10)7-14-15(20)19-16(21)22-14/h1-8H,(H,19,20,21). The Kier molecular flexibility index (Phi) is 4.00. The summed E-state index contributed by atoms with van der Waals surface area (Å²) >= 11 is 6.65. The molecule has 1 aliphatic rings. The van der Waals surface area contributed by atoms with E-state index in [9.17, 15) is 14.0 Å². The Hall–Kier alpha value is -2.11. The summed E-state index contributed by atoms with van der Waals surface area (Å²) in [6.45, 7) is 0. The fraction of sp³-hybridized carbons (Fsp3) is 0. The van der Waals surface area contributed by atoms with Gasteiger partial charge in [0.25, 0.3) is 11.1 Å². The minimum absolute atomic E-state index is 0.0706. The Morgan fingerprint density at radius 2 is 1.73 bits per heavy atom. The molecular weight excluding hydrogens is 325 g/mol. The lowest BCUT2D eigenvalue weighted by atomic mass is 10.0. The van der Waals surface area contributed by atoms with Gasteiger partial charge in [0.05, 0.1) is 9.93 Å². The van der Waals surface area contributed by atoms with Gasteiger partial charge in [-0.1, -0.05) is 41.9 Å². The summed E-state index contributed by atoms with van der Waals surface area (Å²) < 4.78 is 13.2. The second kappa shape index (κ2) is 5.94. The van der Waals surface area contributed by atoms with Crippen molar-refractivity contribution in [2.75, 3.05) is 0 Å². The maximum absolute atomic E-state index is 13.2. The van der Waals surface area contributed by atoms with Crippen molar-refractivity contribution in [2.24, 2.45) is 0 Å². The summed E-state index contributed by atoms with van der Waals surface area (Å²) in [5.74, 6) is -0.842. The molecule has 3 nitrogen and oxygen atoms in total. The van der Waals surface area contributed by atoms with Crippen LogP contribution >= 0.6 is 23.4 Å². The van der Waals surface area contributed by atoms with Crippen molar-refractivity contribution in [3.63, 3.8) is 0 Å². The van der Waals surface area contributed by atoms with Crippen LogP contribution < -0.4 is 5.32 Å². The van der Waals surface area contributed by atoms with Crippen LogP contribution in [-0.2, 0) is 4.79 Å². The molecule has 2 amide bonds. The first-order valence-corrected chi connectivity index (χ1v) is 7.53.